The number of likely N-dealkylation sites (N-methyl/N-ethyl adjacent to an activating group) is 1. The number of aromatic nitrogens is 1. The van der Waals surface area contributed by atoms with Gasteiger partial charge < -0.3 is 10.2 Å². The van der Waals surface area contributed by atoms with Gasteiger partial charge in [0.15, 0.2) is 0 Å². The van der Waals surface area contributed by atoms with Crippen molar-refractivity contribution in [3.63, 3.8) is 0 Å². The first-order valence-corrected chi connectivity index (χ1v) is 10.4. The van der Waals surface area contributed by atoms with E-state index in [2.05, 4.69) is 15.2 Å². The fourth-order valence-corrected chi connectivity index (χ4v) is 4.25. The average Bonchev–Trinajstić information content (AvgIpc) is 2.73. The Hall–Kier alpha value is -2.64. The highest BCUT2D eigenvalue weighted by atomic mass is 35.5. The highest BCUT2D eigenvalue weighted by Gasteiger charge is 2.21. The van der Waals surface area contributed by atoms with E-state index in [1.54, 1.807) is 12.1 Å². The molecule has 3 aromatic rings. The van der Waals surface area contributed by atoms with Crippen molar-refractivity contribution in [2.45, 2.75) is 25.3 Å². The first-order chi connectivity index (χ1) is 14.8. The molecule has 1 amide bonds. The molecular formula is C23H21ClF3N3O. The second kappa shape index (κ2) is 8.85. The van der Waals surface area contributed by atoms with Crippen LogP contribution in [0.3, 0.4) is 0 Å². The van der Waals surface area contributed by atoms with E-state index >= 15 is 0 Å². The lowest BCUT2D eigenvalue weighted by atomic mass is 10.00. The molecule has 162 valence electrons. The summed E-state index contributed by atoms with van der Waals surface area (Å²) >= 11 is 6.22. The van der Waals surface area contributed by atoms with Gasteiger partial charge in [0.2, 0.25) is 0 Å². The summed E-state index contributed by atoms with van der Waals surface area (Å²) in [5.41, 5.74) is -0.195. The van der Waals surface area contributed by atoms with Crippen LogP contribution in [-0.2, 0) is 0 Å². The second-order valence-corrected chi connectivity index (χ2v) is 8.21. The van der Waals surface area contributed by atoms with Gasteiger partial charge in [-0.2, -0.15) is 0 Å². The number of fused-ring (bicyclic) bond motifs is 1. The summed E-state index contributed by atoms with van der Waals surface area (Å²) in [5.74, 6) is -3.48. The number of hydrogen-bond donors (Lipinski definition) is 1. The zero-order valence-corrected chi connectivity index (χ0v) is 17.6. The summed E-state index contributed by atoms with van der Waals surface area (Å²) in [4.78, 5) is 19.1. The van der Waals surface area contributed by atoms with Crippen LogP contribution in [0.15, 0.2) is 36.5 Å². The third-order valence-corrected chi connectivity index (χ3v) is 6.07. The minimum Gasteiger partial charge on any atom is -0.350 e. The molecule has 4 rings (SSSR count). The molecule has 1 aromatic heterocycles. The van der Waals surface area contributed by atoms with Crippen molar-refractivity contribution in [3.8, 4) is 11.3 Å². The van der Waals surface area contributed by atoms with Gasteiger partial charge in [0.1, 0.15) is 17.5 Å². The molecule has 4 nitrogen and oxygen atoms in total. The maximum Gasteiger partial charge on any atom is 0.251 e. The molecule has 2 aromatic carbocycles. The molecule has 0 saturated carbocycles. The Morgan fingerprint density at radius 1 is 1.16 bits per heavy atom. The molecule has 0 spiro atoms. The molecule has 2 heterocycles. The van der Waals surface area contributed by atoms with Crippen molar-refractivity contribution < 1.29 is 18.0 Å². The van der Waals surface area contributed by atoms with Crippen molar-refractivity contribution in [1.29, 1.82) is 0 Å². The fourth-order valence-electron chi connectivity index (χ4n) is 4.03. The third kappa shape index (κ3) is 4.38. The number of nitrogens with zero attached hydrogens (tertiary/aromatic N) is 2. The highest BCUT2D eigenvalue weighted by Crippen LogP contribution is 2.34. The van der Waals surface area contributed by atoms with Crippen molar-refractivity contribution in [3.05, 3.63) is 64.6 Å². The van der Waals surface area contributed by atoms with E-state index in [1.165, 1.54) is 12.3 Å². The molecular weight excluding hydrogens is 427 g/mol. The van der Waals surface area contributed by atoms with Crippen molar-refractivity contribution in [1.82, 2.24) is 15.2 Å². The standard InChI is InChI=1S/C23H21ClF3N3O/c1-30-7-3-2-4-15(30)11-29-23(31)13-5-6-16-17(8-13)22(28-12-18(16)24)21-19(26)9-14(25)10-20(21)27/h5-6,8-10,12,15H,2-4,7,11H2,1H3,(H,29,31)/t15-/m0/s1. The van der Waals surface area contributed by atoms with Gasteiger partial charge in [0, 0.05) is 47.3 Å². The summed E-state index contributed by atoms with van der Waals surface area (Å²) in [6.45, 7) is 1.51. The van der Waals surface area contributed by atoms with Gasteiger partial charge in [-0.05, 0) is 38.6 Å². The van der Waals surface area contributed by atoms with Crippen LogP contribution in [0.2, 0.25) is 5.02 Å². The minimum absolute atomic E-state index is 0.0453. The number of halogens is 4. The van der Waals surface area contributed by atoms with E-state index in [1.807, 2.05) is 7.05 Å². The van der Waals surface area contributed by atoms with Crippen LogP contribution >= 0.6 is 11.6 Å². The predicted molar refractivity (Wildman–Crippen MR) is 115 cm³/mol. The number of hydrogen-bond acceptors (Lipinski definition) is 3. The Morgan fingerprint density at radius 3 is 2.61 bits per heavy atom. The number of amides is 1. The third-order valence-electron chi connectivity index (χ3n) is 5.76. The zero-order valence-electron chi connectivity index (χ0n) is 16.9. The Morgan fingerprint density at radius 2 is 1.90 bits per heavy atom. The normalized spacial score (nSPS) is 17.1. The topological polar surface area (TPSA) is 45.2 Å². The Kier molecular flexibility index (Phi) is 6.16. The largest absolute Gasteiger partial charge is 0.350 e. The summed E-state index contributed by atoms with van der Waals surface area (Å²) in [7, 11) is 2.04. The maximum absolute atomic E-state index is 14.4. The van der Waals surface area contributed by atoms with Gasteiger partial charge in [-0.15, -0.1) is 0 Å². The van der Waals surface area contributed by atoms with Crippen LogP contribution in [-0.4, -0.2) is 42.0 Å². The lowest BCUT2D eigenvalue weighted by molar-refractivity contribution is 0.0928. The van der Waals surface area contributed by atoms with Crippen LogP contribution < -0.4 is 5.32 Å². The van der Waals surface area contributed by atoms with Gasteiger partial charge >= 0.3 is 0 Å². The summed E-state index contributed by atoms with van der Waals surface area (Å²) < 4.78 is 42.2. The van der Waals surface area contributed by atoms with E-state index in [0.29, 0.717) is 35.0 Å². The molecule has 0 radical (unpaired) electrons. The Labute approximate surface area is 183 Å². The fraction of sp³-hybridized carbons (Fsp3) is 0.304. The van der Waals surface area contributed by atoms with Gasteiger partial charge in [0.05, 0.1) is 16.3 Å². The molecule has 1 atom stereocenters. The summed E-state index contributed by atoms with van der Waals surface area (Å²) in [6, 6.07) is 6.19. The number of rotatable bonds is 4. The molecule has 1 aliphatic heterocycles. The van der Waals surface area contributed by atoms with Crippen LogP contribution in [0.5, 0.6) is 0 Å². The molecule has 1 aliphatic rings. The molecule has 8 heteroatoms. The number of likely N-dealkylation sites (tertiary alicyclic amines) is 1. The monoisotopic (exact) mass is 447 g/mol. The highest BCUT2D eigenvalue weighted by molar-refractivity contribution is 6.35. The molecule has 1 N–H and O–H groups in total. The van der Waals surface area contributed by atoms with Gasteiger partial charge in [-0.1, -0.05) is 24.1 Å². The Balaban J connectivity index is 1.70. The summed E-state index contributed by atoms with van der Waals surface area (Å²) in [6.07, 6.45) is 4.57. The van der Waals surface area contributed by atoms with Gasteiger partial charge in [-0.3, -0.25) is 9.78 Å². The van der Waals surface area contributed by atoms with Crippen molar-refractivity contribution >= 4 is 28.3 Å². The number of pyridine rings is 1. The quantitative estimate of drug-likeness (QED) is 0.599. The number of carbonyl (C=O) groups is 1. The molecule has 0 bridgehead atoms. The summed E-state index contributed by atoms with van der Waals surface area (Å²) in [5, 5.41) is 4.00. The lowest BCUT2D eigenvalue weighted by Gasteiger charge is -2.32. The van der Waals surface area contributed by atoms with E-state index in [9.17, 15) is 18.0 Å². The molecule has 0 aliphatic carbocycles. The van der Waals surface area contributed by atoms with Crippen molar-refractivity contribution in [2.75, 3.05) is 20.1 Å². The second-order valence-electron chi connectivity index (χ2n) is 7.80. The van der Waals surface area contributed by atoms with E-state index in [-0.39, 0.29) is 22.7 Å². The SMILES string of the molecule is CN1CCCC[C@H]1CNC(=O)c1ccc2c(Cl)cnc(-c3c(F)cc(F)cc3F)c2c1. The lowest BCUT2D eigenvalue weighted by Crippen LogP contribution is -2.44. The van der Waals surface area contributed by atoms with Crippen LogP contribution in [0.4, 0.5) is 13.2 Å². The van der Waals surface area contributed by atoms with E-state index in [4.69, 9.17) is 11.6 Å². The maximum atomic E-state index is 14.4. The van der Waals surface area contributed by atoms with Crippen LogP contribution in [0, 0.1) is 17.5 Å². The Bertz CT molecular complexity index is 1130. The van der Waals surface area contributed by atoms with Crippen LogP contribution in [0.25, 0.3) is 22.0 Å². The number of piperidine rings is 1. The molecule has 1 fully saturated rings. The molecule has 1 saturated heterocycles. The van der Waals surface area contributed by atoms with Crippen LogP contribution in [0.1, 0.15) is 29.6 Å². The number of nitrogens with one attached hydrogen (secondary N) is 1. The van der Waals surface area contributed by atoms with E-state index in [0.717, 1.165) is 25.8 Å². The van der Waals surface area contributed by atoms with E-state index < -0.39 is 23.0 Å². The minimum atomic E-state index is -1.08. The molecule has 0 unspecified atom stereocenters. The first kappa shape index (κ1) is 21.6. The smallest absolute Gasteiger partial charge is 0.251 e. The molecule has 31 heavy (non-hydrogen) atoms. The average molecular weight is 448 g/mol. The number of benzene rings is 2. The van der Waals surface area contributed by atoms with Crippen molar-refractivity contribution in [2.24, 2.45) is 0 Å². The van der Waals surface area contributed by atoms with Gasteiger partial charge in [0.25, 0.3) is 5.91 Å². The first-order valence-electron chi connectivity index (χ1n) is 10.1. The number of carbonyl (C=O) groups excluding carboxylic acids is 1. The zero-order chi connectivity index (χ0) is 22.1. The van der Waals surface area contributed by atoms with Gasteiger partial charge in [-0.25, -0.2) is 13.2 Å². The predicted octanol–water partition coefficient (Wildman–Crippen LogP) is 5.19.